The Hall–Kier alpha value is -2.01. The number of hydrogen-bond donors (Lipinski definition) is 3. The quantitative estimate of drug-likeness (QED) is 0.592. The summed E-state index contributed by atoms with van der Waals surface area (Å²) in [5.74, 6) is 0.0620. The van der Waals surface area contributed by atoms with Gasteiger partial charge in [0.15, 0.2) is 0 Å². The maximum Gasteiger partial charge on any atom is 0.326 e. The normalized spacial score (nSPS) is 11.1. The van der Waals surface area contributed by atoms with Crippen LogP contribution in [0.25, 0.3) is 0 Å². The highest BCUT2D eigenvalue weighted by Crippen LogP contribution is 2.15. The lowest BCUT2D eigenvalue weighted by Crippen LogP contribution is -2.39. The van der Waals surface area contributed by atoms with Crippen LogP contribution in [0.5, 0.6) is 0 Å². The monoisotopic (exact) mass is 296 g/mol. The highest BCUT2D eigenvalue weighted by molar-refractivity contribution is 6.02. The van der Waals surface area contributed by atoms with E-state index in [0.717, 1.165) is 23.2 Å². The van der Waals surface area contributed by atoms with Crippen LogP contribution in [0.3, 0.4) is 0 Å². The first kappa shape index (κ1) is 18.0. The van der Waals surface area contributed by atoms with Crippen molar-refractivity contribution in [2.24, 2.45) is 10.7 Å². The molecule has 1 aromatic carbocycles. The Kier molecular flexibility index (Phi) is 8.08. The Morgan fingerprint density at radius 3 is 2.70 bits per heavy atom. The van der Waals surface area contributed by atoms with E-state index < -0.39 is 6.03 Å². The number of carbonyl (C=O) groups excluding carboxylic acids is 1. The number of anilines is 1. The molecule has 0 bridgehead atoms. The third-order valence-corrected chi connectivity index (χ3v) is 2.43. The van der Waals surface area contributed by atoms with Crippen LogP contribution in [0.15, 0.2) is 35.5 Å². The second kappa shape index (κ2) is 8.98. The van der Waals surface area contributed by atoms with Gasteiger partial charge in [-0.15, -0.1) is 12.4 Å². The van der Waals surface area contributed by atoms with Gasteiger partial charge in [-0.05, 0) is 31.9 Å². The Morgan fingerprint density at radius 2 is 2.10 bits per heavy atom. The number of aliphatic imine (C=N–C) groups is 1. The van der Waals surface area contributed by atoms with E-state index in [1.165, 1.54) is 0 Å². The molecule has 2 amide bonds. The minimum absolute atomic E-state index is 0. The molecule has 0 atom stereocenters. The number of benzene rings is 1. The Morgan fingerprint density at radius 1 is 1.40 bits per heavy atom. The van der Waals surface area contributed by atoms with Crippen LogP contribution in [0.2, 0.25) is 0 Å². The summed E-state index contributed by atoms with van der Waals surface area (Å²) in [5, 5.41) is 5.18. The van der Waals surface area contributed by atoms with Crippen molar-refractivity contribution >= 4 is 30.1 Å². The third kappa shape index (κ3) is 6.24. The zero-order valence-electron chi connectivity index (χ0n) is 11.9. The minimum Gasteiger partial charge on any atom is -0.369 e. The number of nitrogens with two attached hydrogens (primary N) is 1. The van der Waals surface area contributed by atoms with Gasteiger partial charge < -0.3 is 11.1 Å². The van der Waals surface area contributed by atoms with Gasteiger partial charge in [0.1, 0.15) is 0 Å². The second-order valence-corrected chi connectivity index (χ2v) is 4.20. The maximum absolute atomic E-state index is 11.7. The molecule has 6 heteroatoms. The number of rotatable bonds is 3. The summed E-state index contributed by atoms with van der Waals surface area (Å²) in [4.78, 5) is 15.6. The summed E-state index contributed by atoms with van der Waals surface area (Å²) in [6, 6.07) is 5.38. The summed E-state index contributed by atoms with van der Waals surface area (Å²) >= 11 is 0. The summed E-state index contributed by atoms with van der Waals surface area (Å²) in [7, 11) is 0. The molecule has 20 heavy (non-hydrogen) atoms. The predicted octanol–water partition coefficient (Wildman–Crippen LogP) is 3.09. The molecule has 0 radical (unpaired) electrons. The van der Waals surface area contributed by atoms with Crippen LogP contribution in [-0.4, -0.2) is 12.0 Å². The summed E-state index contributed by atoms with van der Waals surface area (Å²) < 4.78 is 0. The van der Waals surface area contributed by atoms with Gasteiger partial charge in [-0.25, -0.2) is 9.79 Å². The Bertz CT molecular complexity index is 512. The molecule has 4 N–H and O–H groups in total. The molecule has 0 aliphatic carbocycles. The third-order valence-electron chi connectivity index (χ3n) is 2.43. The average Bonchev–Trinajstić information content (AvgIpc) is 2.33. The van der Waals surface area contributed by atoms with Crippen molar-refractivity contribution in [1.29, 1.82) is 0 Å². The lowest BCUT2D eigenvalue weighted by Gasteiger charge is -2.09. The van der Waals surface area contributed by atoms with E-state index in [1.54, 1.807) is 6.20 Å². The van der Waals surface area contributed by atoms with E-state index in [-0.39, 0.29) is 18.4 Å². The molecule has 0 fully saturated rings. The second-order valence-electron chi connectivity index (χ2n) is 4.20. The number of carbonyl (C=O) groups is 1. The van der Waals surface area contributed by atoms with E-state index in [4.69, 9.17) is 5.73 Å². The number of aryl methyl sites for hydroxylation is 2. The molecule has 0 unspecified atom stereocenters. The van der Waals surface area contributed by atoms with Crippen molar-refractivity contribution in [2.75, 3.05) is 5.32 Å². The molecule has 0 aromatic heterocycles. The summed E-state index contributed by atoms with van der Waals surface area (Å²) in [6.07, 6.45) is 4.27. The van der Waals surface area contributed by atoms with Crippen molar-refractivity contribution in [1.82, 2.24) is 5.32 Å². The van der Waals surface area contributed by atoms with Crippen molar-refractivity contribution in [3.8, 4) is 0 Å². The van der Waals surface area contributed by atoms with Crippen molar-refractivity contribution < 1.29 is 4.79 Å². The molecule has 0 saturated heterocycles. The molecule has 0 heterocycles. The number of nitrogens with zero attached hydrogens (tertiary/aromatic N) is 1. The molecule has 5 nitrogen and oxygen atoms in total. The van der Waals surface area contributed by atoms with Crippen LogP contribution in [-0.2, 0) is 0 Å². The number of nitrogens with one attached hydrogen (secondary N) is 2. The molecular weight excluding hydrogens is 276 g/mol. The van der Waals surface area contributed by atoms with Crippen LogP contribution in [0.1, 0.15) is 24.5 Å². The van der Waals surface area contributed by atoms with E-state index in [2.05, 4.69) is 15.6 Å². The topological polar surface area (TPSA) is 79.5 Å². The van der Waals surface area contributed by atoms with Crippen molar-refractivity contribution in [2.45, 2.75) is 27.2 Å². The van der Waals surface area contributed by atoms with Gasteiger partial charge in [-0.1, -0.05) is 30.7 Å². The van der Waals surface area contributed by atoms with Crippen LogP contribution in [0, 0.1) is 13.8 Å². The van der Waals surface area contributed by atoms with Crippen molar-refractivity contribution in [3.63, 3.8) is 0 Å². The fourth-order valence-electron chi connectivity index (χ4n) is 1.49. The number of hydrogen-bond acceptors (Lipinski definition) is 2. The SMILES string of the molecule is CC/C=C/N=C(N)NC(=O)Nc1ccc(C)cc1C.Cl. The highest BCUT2D eigenvalue weighted by Gasteiger charge is 2.05. The lowest BCUT2D eigenvalue weighted by atomic mass is 10.1. The number of urea groups is 1. The van der Waals surface area contributed by atoms with Gasteiger partial charge in [0.2, 0.25) is 5.96 Å². The number of allylic oxidation sites excluding steroid dienone is 1. The van der Waals surface area contributed by atoms with Gasteiger partial charge in [0.05, 0.1) is 0 Å². The number of amides is 2. The Balaban J connectivity index is 0.00000361. The van der Waals surface area contributed by atoms with E-state index in [1.807, 2.05) is 45.0 Å². The highest BCUT2D eigenvalue weighted by atomic mass is 35.5. The van der Waals surface area contributed by atoms with Gasteiger partial charge in [-0.3, -0.25) is 5.32 Å². The lowest BCUT2D eigenvalue weighted by molar-refractivity contribution is 0.256. The van der Waals surface area contributed by atoms with Crippen molar-refractivity contribution in [3.05, 3.63) is 41.6 Å². The first-order chi connectivity index (χ1) is 9.02. The average molecular weight is 297 g/mol. The molecule has 1 aromatic rings. The van der Waals surface area contributed by atoms with Gasteiger partial charge in [0, 0.05) is 11.9 Å². The molecular formula is C14H21ClN4O. The number of guanidine groups is 1. The smallest absolute Gasteiger partial charge is 0.326 e. The molecule has 110 valence electrons. The zero-order chi connectivity index (χ0) is 14.3. The van der Waals surface area contributed by atoms with E-state index in [0.29, 0.717) is 0 Å². The van der Waals surface area contributed by atoms with Gasteiger partial charge in [0.25, 0.3) is 0 Å². The van der Waals surface area contributed by atoms with E-state index in [9.17, 15) is 4.79 Å². The molecule has 0 saturated carbocycles. The Labute approximate surface area is 125 Å². The first-order valence-corrected chi connectivity index (χ1v) is 6.16. The first-order valence-electron chi connectivity index (χ1n) is 6.16. The van der Waals surface area contributed by atoms with Crippen LogP contribution in [0.4, 0.5) is 10.5 Å². The predicted molar refractivity (Wildman–Crippen MR) is 86.4 cm³/mol. The minimum atomic E-state index is -0.405. The summed E-state index contributed by atoms with van der Waals surface area (Å²) in [6.45, 7) is 5.92. The van der Waals surface area contributed by atoms with Gasteiger partial charge >= 0.3 is 6.03 Å². The maximum atomic E-state index is 11.7. The zero-order valence-corrected chi connectivity index (χ0v) is 12.8. The number of halogens is 1. The molecule has 0 aliphatic rings. The largest absolute Gasteiger partial charge is 0.369 e. The van der Waals surface area contributed by atoms with Crippen LogP contribution >= 0.6 is 12.4 Å². The van der Waals surface area contributed by atoms with E-state index >= 15 is 0 Å². The fraction of sp³-hybridized carbons (Fsp3) is 0.286. The van der Waals surface area contributed by atoms with Crippen LogP contribution < -0.4 is 16.4 Å². The summed E-state index contributed by atoms with van der Waals surface area (Å²) in [5.41, 5.74) is 8.45. The van der Waals surface area contributed by atoms with Gasteiger partial charge in [-0.2, -0.15) is 0 Å². The molecule has 0 spiro atoms. The molecule has 1 rings (SSSR count). The fourth-order valence-corrected chi connectivity index (χ4v) is 1.49. The standard InChI is InChI=1S/C14H20N4O.ClH/c1-4-5-8-16-13(15)18-14(19)17-12-7-6-10(2)9-11(12)3;/h5-9H,4H2,1-3H3,(H4,15,16,17,18,19);1H/b8-5+;. The molecule has 0 aliphatic heterocycles.